The van der Waals surface area contributed by atoms with Gasteiger partial charge in [0, 0.05) is 23.8 Å². The van der Waals surface area contributed by atoms with Crippen LogP contribution in [0.25, 0.3) is 10.8 Å². The molecule has 2 N–H and O–H groups in total. The molecule has 1 saturated carbocycles. The van der Waals surface area contributed by atoms with Crippen LogP contribution in [0.3, 0.4) is 0 Å². The summed E-state index contributed by atoms with van der Waals surface area (Å²) in [6.45, 7) is 0. The van der Waals surface area contributed by atoms with E-state index in [9.17, 15) is 0 Å². The van der Waals surface area contributed by atoms with Crippen molar-refractivity contribution in [3.05, 3.63) is 30.6 Å². The van der Waals surface area contributed by atoms with Gasteiger partial charge in [-0.15, -0.1) is 0 Å². The third-order valence-corrected chi connectivity index (χ3v) is 3.94. The molecule has 1 heterocycles. The molecule has 20 heavy (non-hydrogen) atoms. The summed E-state index contributed by atoms with van der Waals surface area (Å²) in [6.07, 6.45) is 7.95. The first kappa shape index (κ1) is 13.2. The van der Waals surface area contributed by atoms with Gasteiger partial charge in [0.2, 0.25) is 0 Å². The van der Waals surface area contributed by atoms with Gasteiger partial charge in [-0.25, -0.2) is 0 Å². The van der Waals surface area contributed by atoms with E-state index in [0.717, 1.165) is 48.0 Å². The maximum Gasteiger partial charge on any atom is 0.162 e. The van der Waals surface area contributed by atoms with Crippen molar-refractivity contribution in [3.63, 3.8) is 0 Å². The largest absolute Gasteiger partial charge is 0.493 e. The SMILES string of the molecule is COc1cc2cnccc2cc1OC1CCC(N)CC1. The van der Waals surface area contributed by atoms with Crippen LogP contribution in [0.5, 0.6) is 11.5 Å². The fourth-order valence-corrected chi connectivity index (χ4v) is 2.73. The van der Waals surface area contributed by atoms with E-state index in [1.807, 2.05) is 24.4 Å². The predicted octanol–water partition coefficient (Wildman–Crippen LogP) is 2.89. The standard InChI is InChI=1S/C16H20N2O2/c1-19-15-9-12-10-18-7-6-11(12)8-16(15)20-14-4-2-13(17)3-5-14/h6-10,13-14H,2-5,17H2,1H3. The molecule has 0 saturated heterocycles. The first-order chi connectivity index (χ1) is 9.76. The Kier molecular flexibility index (Phi) is 3.74. The minimum atomic E-state index is 0.239. The zero-order chi connectivity index (χ0) is 13.9. The molecule has 0 bridgehead atoms. The molecule has 1 aliphatic carbocycles. The van der Waals surface area contributed by atoms with Crippen molar-refractivity contribution >= 4 is 10.8 Å². The third kappa shape index (κ3) is 2.70. The molecule has 1 fully saturated rings. The lowest BCUT2D eigenvalue weighted by atomic mass is 9.94. The summed E-state index contributed by atoms with van der Waals surface area (Å²) in [5, 5.41) is 2.17. The number of aromatic nitrogens is 1. The molecule has 0 aliphatic heterocycles. The Labute approximate surface area is 118 Å². The molecular weight excluding hydrogens is 252 g/mol. The molecular formula is C16H20N2O2. The lowest BCUT2D eigenvalue weighted by Crippen LogP contribution is -2.31. The molecule has 3 rings (SSSR count). The van der Waals surface area contributed by atoms with Gasteiger partial charge in [0.15, 0.2) is 11.5 Å². The zero-order valence-electron chi connectivity index (χ0n) is 11.7. The zero-order valence-corrected chi connectivity index (χ0v) is 11.7. The Bertz CT molecular complexity index is 592. The minimum absolute atomic E-state index is 0.239. The number of benzene rings is 1. The molecule has 4 heteroatoms. The summed E-state index contributed by atoms with van der Waals surface area (Å²) >= 11 is 0. The Hall–Kier alpha value is -1.81. The van der Waals surface area contributed by atoms with Crippen LogP contribution in [0.15, 0.2) is 30.6 Å². The highest BCUT2D eigenvalue weighted by atomic mass is 16.5. The Morgan fingerprint density at radius 3 is 2.60 bits per heavy atom. The van der Waals surface area contributed by atoms with Crippen molar-refractivity contribution in [2.45, 2.75) is 37.8 Å². The average molecular weight is 272 g/mol. The van der Waals surface area contributed by atoms with Gasteiger partial charge in [-0.05, 0) is 49.3 Å². The second-order valence-electron chi connectivity index (χ2n) is 5.38. The lowest BCUT2D eigenvalue weighted by Gasteiger charge is -2.27. The summed E-state index contributed by atoms with van der Waals surface area (Å²) in [5.74, 6) is 1.58. The van der Waals surface area contributed by atoms with Crippen LogP contribution in [0.1, 0.15) is 25.7 Å². The topological polar surface area (TPSA) is 57.4 Å². The Morgan fingerprint density at radius 1 is 1.10 bits per heavy atom. The summed E-state index contributed by atoms with van der Waals surface area (Å²) < 4.78 is 11.6. The van der Waals surface area contributed by atoms with Crippen LogP contribution < -0.4 is 15.2 Å². The highest BCUT2D eigenvalue weighted by Crippen LogP contribution is 2.34. The van der Waals surface area contributed by atoms with Crippen LogP contribution in [0, 0.1) is 0 Å². The molecule has 0 spiro atoms. The van der Waals surface area contributed by atoms with E-state index in [2.05, 4.69) is 4.98 Å². The normalized spacial score (nSPS) is 22.7. The number of pyridine rings is 1. The smallest absolute Gasteiger partial charge is 0.162 e. The molecule has 0 unspecified atom stereocenters. The van der Waals surface area contributed by atoms with Crippen LogP contribution in [-0.4, -0.2) is 24.2 Å². The molecule has 0 amide bonds. The number of nitrogens with two attached hydrogens (primary N) is 1. The highest BCUT2D eigenvalue weighted by Gasteiger charge is 2.21. The maximum absolute atomic E-state index is 6.13. The van der Waals surface area contributed by atoms with Crippen molar-refractivity contribution in [1.29, 1.82) is 0 Å². The quantitative estimate of drug-likeness (QED) is 0.933. The van der Waals surface area contributed by atoms with Gasteiger partial charge in [-0.1, -0.05) is 0 Å². The van der Waals surface area contributed by atoms with E-state index in [-0.39, 0.29) is 6.10 Å². The number of ether oxygens (including phenoxy) is 2. The monoisotopic (exact) mass is 272 g/mol. The van der Waals surface area contributed by atoms with Gasteiger partial charge >= 0.3 is 0 Å². The maximum atomic E-state index is 6.13. The molecule has 1 aromatic carbocycles. The second kappa shape index (κ2) is 5.67. The summed E-state index contributed by atoms with van der Waals surface area (Å²) in [4.78, 5) is 4.13. The van der Waals surface area contributed by atoms with Gasteiger partial charge in [0.05, 0.1) is 13.2 Å². The first-order valence-corrected chi connectivity index (χ1v) is 7.10. The van der Waals surface area contributed by atoms with Gasteiger partial charge in [0.1, 0.15) is 0 Å². The minimum Gasteiger partial charge on any atom is -0.493 e. The van der Waals surface area contributed by atoms with Gasteiger partial charge in [-0.2, -0.15) is 0 Å². The molecule has 106 valence electrons. The van der Waals surface area contributed by atoms with Crippen molar-refractivity contribution in [2.75, 3.05) is 7.11 Å². The van der Waals surface area contributed by atoms with Crippen molar-refractivity contribution < 1.29 is 9.47 Å². The van der Waals surface area contributed by atoms with E-state index < -0.39 is 0 Å². The van der Waals surface area contributed by atoms with Crippen LogP contribution in [-0.2, 0) is 0 Å². The van der Waals surface area contributed by atoms with Gasteiger partial charge in [0.25, 0.3) is 0 Å². The van der Waals surface area contributed by atoms with E-state index in [0.29, 0.717) is 6.04 Å². The molecule has 1 aromatic heterocycles. The average Bonchev–Trinajstić information content (AvgIpc) is 2.49. The molecule has 0 radical (unpaired) electrons. The van der Waals surface area contributed by atoms with Crippen LogP contribution in [0.4, 0.5) is 0 Å². The number of fused-ring (bicyclic) bond motifs is 1. The molecule has 4 nitrogen and oxygen atoms in total. The second-order valence-corrected chi connectivity index (χ2v) is 5.38. The molecule has 0 atom stereocenters. The van der Waals surface area contributed by atoms with E-state index in [4.69, 9.17) is 15.2 Å². The van der Waals surface area contributed by atoms with Crippen molar-refractivity contribution in [3.8, 4) is 11.5 Å². The fraction of sp³-hybridized carbons (Fsp3) is 0.438. The van der Waals surface area contributed by atoms with Crippen molar-refractivity contribution in [2.24, 2.45) is 5.73 Å². The fourth-order valence-electron chi connectivity index (χ4n) is 2.73. The Balaban J connectivity index is 1.86. The first-order valence-electron chi connectivity index (χ1n) is 7.10. The molecule has 1 aliphatic rings. The van der Waals surface area contributed by atoms with E-state index in [1.165, 1.54) is 0 Å². The summed E-state index contributed by atoms with van der Waals surface area (Å²) in [6, 6.07) is 6.33. The van der Waals surface area contributed by atoms with E-state index in [1.54, 1.807) is 13.3 Å². The molecule has 2 aromatic rings. The van der Waals surface area contributed by atoms with Crippen molar-refractivity contribution in [1.82, 2.24) is 4.98 Å². The number of methoxy groups -OCH3 is 1. The van der Waals surface area contributed by atoms with E-state index >= 15 is 0 Å². The van der Waals surface area contributed by atoms with Crippen LogP contribution in [0.2, 0.25) is 0 Å². The number of nitrogens with zero attached hydrogens (tertiary/aromatic N) is 1. The number of rotatable bonds is 3. The predicted molar refractivity (Wildman–Crippen MR) is 79.2 cm³/mol. The number of hydrogen-bond donors (Lipinski definition) is 1. The van der Waals surface area contributed by atoms with Gasteiger partial charge in [-0.3, -0.25) is 4.98 Å². The lowest BCUT2D eigenvalue weighted by molar-refractivity contribution is 0.142. The highest BCUT2D eigenvalue weighted by molar-refractivity contribution is 5.85. The van der Waals surface area contributed by atoms with Crippen LogP contribution >= 0.6 is 0 Å². The summed E-state index contributed by atoms with van der Waals surface area (Å²) in [7, 11) is 1.67. The Morgan fingerprint density at radius 2 is 1.85 bits per heavy atom. The number of hydrogen-bond acceptors (Lipinski definition) is 4. The summed E-state index contributed by atoms with van der Waals surface area (Å²) in [5.41, 5.74) is 5.93. The van der Waals surface area contributed by atoms with Gasteiger partial charge < -0.3 is 15.2 Å². The third-order valence-electron chi connectivity index (χ3n) is 3.94.